The molecule has 0 bridgehead atoms. The molecule has 0 saturated carbocycles. The van der Waals surface area contributed by atoms with Crippen LogP contribution in [0, 0.1) is 0 Å². The van der Waals surface area contributed by atoms with Crippen molar-refractivity contribution in [1.29, 1.82) is 0 Å². The van der Waals surface area contributed by atoms with Gasteiger partial charge in [0.15, 0.2) is 0 Å². The summed E-state index contributed by atoms with van der Waals surface area (Å²) in [6.07, 6.45) is 0. The van der Waals surface area contributed by atoms with E-state index < -0.39 is 0 Å². The molecule has 0 saturated heterocycles. The van der Waals surface area contributed by atoms with Crippen LogP contribution in [-0.4, -0.2) is 0 Å². The number of rotatable bonds is 4. The van der Waals surface area contributed by atoms with Gasteiger partial charge in [-0.1, -0.05) is 115 Å². The van der Waals surface area contributed by atoms with Crippen molar-refractivity contribution in [3.8, 4) is 11.1 Å². The van der Waals surface area contributed by atoms with E-state index in [1.165, 1.54) is 58.2 Å². The molecule has 0 amide bonds. The number of anilines is 3. The fraction of sp³-hybridized carbons (Fsp3) is 0. The summed E-state index contributed by atoms with van der Waals surface area (Å²) >= 11 is 1.86. The summed E-state index contributed by atoms with van der Waals surface area (Å²) in [4.78, 5) is 2.40. The number of fused-ring (bicyclic) bond motifs is 11. The van der Waals surface area contributed by atoms with Gasteiger partial charge in [-0.3, -0.25) is 0 Å². The van der Waals surface area contributed by atoms with Crippen LogP contribution in [0.2, 0.25) is 0 Å². The normalized spacial score (nSPS) is 11.9. The van der Waals surface area contributed by atoms with Crippen molar-refractivity contribution in [3.05, 3.63) is 176 Å². The van der Waals surface area contributed by atoms with E-state index in [2.05, 4.69) is 181 Å². The molecule has 0 N–H and O–H groups in total. The Hall–Kier alpha value is -6.42. The van der Waals surface area contributed by atoms with Crippen molar-refractivity contribution in [2.24, 2.45) is 0 Å². The van der Waals surface area contributed by atoms with E-state index in [4.69, 9.17) is 4.42 Å². The number of hydrogen-bond acceptors (Lipinski definition) is 3. The molecule has 2 heterocycles. The Kier molecular flexibility index (Phi) is 6.16. The zero-order valence-electron chi connectivity index (χ0n) is 27.5. The minimum atomic E-state index is 0.878. The van der Waals surface area contributed by atoms with Crippen molar-refractivity contribution in [1.82, 2.24) is 0 Å². The predicted molar refractivity (Wildman–Crippen MR) is 219 cm³/mol. The summed E-state index contributed by atoms with van der Waals surface area (Å²) in [5.74, 6) is 0. The van der Waals surface area contributed by atoms with E-state index in [-0.39, 0.29) is 0 Å². The van der Waals surface area contributed by atoms with Gasteiger partial charge in [-0.05, 0) is 98.7 Å². The molecule has 11 rings (SSSR count). The molecule has 0 fully saturated rings. The number of benzene rings is 9. The minimum absolute atomic E-state index is 0.878. The lowest BCUT2D eigenvalue weighted by Gasteiger charge is -2.27. The van der Waals surface area contributed by atoms with Crippen LogP contribution in [0.15, 0.2) is 180 Å². The van der Waals surface area contributed by atoms with Gasteiger partial charge in [-0.2, -0.15) is 0 Å². The maximum atomic E-state index is 6.67. The molecule has 9 aromatic carbocycles. The predicted octanol–water partition coefficient (Wildman–Crippen LogP) is 14.6. The average molecular weight is 668 g/mol. The van der Waals surface area contributed by atoms with Crippen LogP contribution in [0.1, 0.15) is 0 Å². The van der Waals surface area contributed by atoms with Crippen LogP contribution >= 0.6 is 11.3 Å². The highest BCUT2D eigenvalue weighted by Gasteiger charge is 2.21. The molecule has 51 heavy (non-hydrogen) atoms. The van der Waals surface area contributed by atoms with Crippen LogP contribution in [0.3, 0.4) is 0 Å². The first-order valence-electron chi connectivity index (χ1n) is 17.3. The lowest BCUT2D eigenvalue weighted by Crippen LogP contribution is -2.10. The summed E-state index contributed by atoms with van der Waals surface area (Å²) < 4.78 is 9.31. The molecule has 0 radical (unpaired) electrons. The second kappa shape index (κ2) is 11.0. The molecule has 0 aliphatic carbocycles. The SMILES string of the molecule is c1ccc2c(c1)ccc1ccc(N(c3ccc(-c4ccc5sc6ccccc6c5c4)cc3)c3cccc4oc5c6ccccc6ccc5c34)cc12. The smallest absolute Gasteiger partial charge is 0.143 e. The van der Waals surface area contributed by atoms with E-state index in [0.29, 0.717) is 0 Å². The maximum absolute atomic E-state index is 6.67. The summed E-state index contributed by atoms with van der Waals surface area (Å²) in [7, 11) is 0. The van der Waals surface area contributed by atoms with Crippen molar-refractivity contribution in [2.45, 2.75) is 0 Å². The van der Waals surface area contributed by atoms with Crippen molar-refractivity contribution < 1.29 is 4.42 Å². The highest BCUT2D eigenvalue weighted by atomic mass is 32.1. The zero-order valence-corrected chi connectivity index (χ0v) is 28.3. The third-order valence-electron chi connectivity index (χ3n) is 10.4. The second-order valence-corrected chi connectivity index (χ2v) is 14.4. The molecule has 0 atom stereocenters. The Morgan fingerprint density at radius 3 is 1.90 bits per heavy atom. The number of hydrogen-bond donors (Lipinski definition) is 0. The quantitative estimate of drug-likeness (QED) is 0.174. The summed E-state index contributed by atoms with van der Waals surface area (Å²) in [5, 5.41) is 12.1. The lowest BCUT2D eigenvalue weighted by atomic mass is 9.99. The fourth-order valence-corrected chi connectivity index (χ4v) is 9.07. The van der Waals surface area contributed by atoms with Gasteiger partial charge in [0.25, 0.3) is 0 Å². The first-order chi connectivity index (χ1) is 25.3. The van der Waals surface area contributed by atoms with Gasteiger partial charge in [-0.25, -0.2) is 0 Å². The minimum Gasteiger partial charge on any atom is -0.455 e. The molecular formula is C48H29NOS. The van der Waals surface area contributed by atoms with Crippen molar-refractivity contribution >= 4 is 103 Å². The van der Waals surface area contributed by atoms with Gasteiger partial charge in [0.1, 0.15) is 11.2 Å². The van der Waals surface area contributed by atoms with Gasteiger partial charge in [0, 0.05) is 42.3 Å². The zero-order chi connectivity index (χ0) is 33.5. The van der Waals surface area contributed by atoms with E-state index in [9.17, 15) is 0 Å². The van der Waals surface area contributed by atoms with Gasteiger partial charge < -0.3 is 9.32 Å². The van der Waals surface area contributed by atoms with Crippen molar-refractivity contribution in [2.75, 3.05) is 4.90 Å². The van der Waals surface area contributed by atoms with Gasteiger partial charge >= 0.3 is 0 Å². The van der Waals surface area contributed by atoms with Crippen molar-refractivity contribution in [3.63, 3.8) is 0 Å². The van der Waals surface area contributed by atoms with Crippen LogP contribution in [0.5, 0.6) is 0 Å². The highest BCUT2D eigenvalue weighted by Crippen LogP contribution is 2.45. The number of furan rings is 1. The Labute approximate surface area is 298 Å². The molecule has 3 heteroatoms. The van der Waals surface area contributed by atoms with E-state index in [0.717, 1.165) is 44.4 Å². The first-order valence-corrected chi connectivity index (χ1v) is 18.1. The Balaban J connectivity index is 1.13. The molecule has 2 nitrogen and oxygen atoms in total. The molecule has 0 aliphatic heterocycles. The largest absolute Gasteiger partial charge is 0.455 e. The summed E-state index contributed by atoms with van der Waals surface area (Å²) in [6.45, 7) is 0. The van der Waals surface area contributed by atoms with Gasteiger partial charge in [0.05, 0.1) is 11.1 Å². The van der Waals surface area contributed by atoms with Crippen LogP contribution in [0.25, 0.3) is 85.6 Å². The van der Waals surface area contributed by atoms with Crippen LogP contribution < -0.4 is 4.90 Å². The Morgan fingerprint density at radius 2 is 1.04 bits per heavy atom. The van der Waals surface area contributed by atoms with Gasteiger partial charge in [0.2, 0.25) is 0 Å². The molecule has 0 aliphatic rings. The van der Waals surface area contributed by atoms with Gasteiger partial charge in [-0.15, -0.1) is 11.3 Å². The molecular weight excluding hydrogens is 639 g/mol. The second-order valence-electron chi connectivity index (χ2n) is 13.3. The Bertz CT molecular complexity index is 3150. The third-order valence-corrected chi connectivity index (χ3v) is 11.6. The average Bonchev–Trinajstić information content (AvgIpc) is 3.77. The topological polar surface area (TPSA) is 16.4 Å². The fourth-order valence-electron chi connectivity index (χ4n) is 7.99. The molecule has 238 valence electrons. The van der Waals surface area contributed by atoms with Crippen LogP contribution in [0.4, 0.5) is 17.1 Å². The lowest BCUT2D eigenvalue weighted by molar-refractivity contribution is 0.672. The molecule has 11 aromatic rings. The maximum Gasteiger partial charge on any atom is 0.143 e. The van der Waals surface area contributed by atoms with E-state index in [1.54, 1.807) is 0 Å². The highest BCUT2D eigenvalue weighted by molar-refractivity contribution is 7.25. The Morgan fingerprint density at radius 1 is 0.392 bits per heavy atom. The number of thiophene rings is 1. The number of nitrogens with zero attached hydrogens (tertiary/aromatic N) is 1. The summed E-state index contributed by atoms with van der Waals surface area (Å²) in [5.41, 5.74) is 7.48. The molecule has 2 aromatic heterocycles. The standard InChI is InChI=1S/C48H29NOS/c1-3-10-37-31(8-1)16-17-33-20-25-36(29-41(33)37)49(43-13-7-14-44-47(43)40-26-21-32-9-2-4-11-38(32)48(40)50-44)35-23-18-30(19-24-35)34-22-27-46-42(28-34)39-12-5-6-15-45(39)51-46/h1-29H. The molecule has 0 spiro atoms. The van der Waals surface area contributed by atoms with E-state index in [1.807, 2.05) is 11.3 Å². The first kappa shape index (κ1) is 28.4. The molecule has 0 unspecified atom stereocenters. The third kappa shape index (κ3) is 4.42. The van der Waals surface area contributed by atoms with Crippen LogP contribution in [-0.2, 0) is 0 Å². The summed E-state index contributed by atoms with van der Waals surface area (Å²) in [6, 6.07) is 63.9. The monoisotopic (exact) mass is 667 g/mol. The van der Waals surface area contributed by atoms with E-state index >= 15 is 0 Å².